The molecule has 0 aromatic carbocycles. The van der Waals surface area contributed by atoms with Crippen molar-refractivity contribution < 1.29 is 31.0 Å². The molecule has 10 heteroatoms. The smallest absolute Gasteiger partial charge is 0.267 e. The average molecular weight is 263 g/mol. The van der Waals surface area contributed by atoms with Crippen LogP contribution in [0.3, 0.4) is 0 Å². The van der Waals surface area contributed by atoms with Crippen molar-refractivity contribution in [2.75, 3.05) is 24.6 Å². The third-order valence-electron chi connectivity index (χ3n) is 1.32. The number of rotatable bonds is 7. The Morgan fingerprint density at radius 2 is 1.60 bits per heavy atom. The molecule has 8 nitrogen and oxygen atoms in total. The van der Waals surface area contributed by atoms with E-state index in [1.807, 2.05) is 0 Å². The summed E-state index contributed by atoms with van der Waals surface area (Å²) < 4.78 is 57.6. The molecule has 0 aliphatic heterocycles. The molecule has 15 heavy (non-hydrogen) atoms. The lowest BCUT2D eigenvalue weighted by Crippen LogP contribution is -2.34. The van der Waals surface area contributed by atoms with Gasteiger partial charge in [0.25, 0.3) is 20.2 Å². The van der Waals surface area contributed by atoms with Crippen LogP contribution in [-0.2, 0) is 20.2 Å². The van der Waals surface area contributed by atoms with Crippen LogP contribution < -0.4 is 5.32 Å². The third-order valence-corrected chi connectivity index (χ3v) is 2.85. The van der Waals surface area contributed by atoms with E-state index in [-0.39, 0.29) is 13.1 Å². The first-order valence-electron chi connectivity index (χ1n) is 3.89. The van der Waals surface area contributed by atoms with E-state index in [1.54, 1.807) is 0 Å². The molecule has 0 amide bonds. The average Bonchev–Trinajstić information content (AvgIpc) is 1.92. The van der Waals surface area contributed by atoms with Gasteiger partial charge in [0.05, 0.1) is 11.9 Å². The van der Waals surface area contributed by atoms with Crippen molar-refractivity contribution in [3.63, 3.8) is 0 Å². The number of hydrogen-bond donors (Lipinski definition) is 4. The van der Waals surface area contributed by atoms with Gasteiger partial charge in [-0.15, -0.1) is 0 Å². The second-order valence-electron chi connectivity index (χ2n) is 2.89. The number of nitrogens with one attached hydrogen (secondary N) is 1. The number of hydrogen-bond acceptors (Lipinski definition) is 6. The summed E-state index contributed by atoms with van der Waals surface area (Å²) in [5.74, 6) is -1.36. The van der Waals surface area contributed by atoms with Crippen molar-refractivity contribution in [2.45, 2.75) is 6.10 Å². The molecule has 1 unspecified atom stereocenters. The van der Waals surface area contributed by atoms with Crippen LogP contribution in [0.25, 0.3) is 0 Å². The van der Waals surface area contributed by atoms with Crippen LogP contribution >= 0.6 is 0 Å². The van der Waals surface area contributed by atoms with Crippen molar-refractivity contribution >= 4 is 20.2 Å². The van der Waals surface area contributed by atoms with Gasteiger partial charge in [0, 0.05) is 13.1 Å². The van der Waals surface area contributed by atoms with Gasteiger partial charge in [-0.3, -0.25) is 9.11 Å². The molecule has 0 spiro atoms. The van der Waals surface area contributed by atoms with Gasteiger partial charge in [0.1, 0.15) is 5.75 Å². The Morgan fingerprint density at radius 1 is 1.07 bits per heavy atom. The normalized spacial score (nSPS) is 15.1. The van der Waals surface area contributed by atoms with Crippen LogP contribution in [0, 0.1) is 0 Å². The van der Waals surface area contributed by atoms with E-state index in [2.05, 4.69) is 5.32 Å². The van der Waals surface area contributed by atoms with Gasteiger partial charge in [-0.1, -0.05) is 0 Å². The maximum absolute atomic E-state index is 10.3. The molecule has 0 aromatic heterocycles. The summed E-state index contributed by atoms with van der Waals surface area (Å²) in [6, 6.07) is 0. The zero-order chi connectivity index (χ0) is 12.1. The number of aliphatic hydroxyl groups excluding tert-OH is 1. The van der Waals surface area contributed by atoms with E-state index in [0.29, 0.717) is 0 Å². The van der Waals surface area contributed by atoms with Crippen molar-refractivity contribution in [1.29, 1.82) is 0 Å². The van der Waals surface area contributed by atoms with Crippen molar-refractivity contribution in [2.24, 2.45) is 0 Å². The summed E-state index contributed by atoms with van der Waals surface area (Å²) in [5.41, 5.74) is 0. The maximum atomic E-state index is 10.3. The fourth-order valence-electron chi connectivity index (χ4n) is 0.772. The number of aliphatic hydroxyl groups is 1. The topological polar surface area (TPSA) is 141 Å². The van der Waals surface area contributed by atoms with Crippen molar-refractivity contribution in [3.05, 3.63) is 0 Å². The predicted octanol–water partition coefficient (Wildman–Crippen LogP) is -2.29. The van der Waals surface area contributed by atoms with Gasteiger partial charge in [-0.2, -0.15) is 16.8 Å². The Morgan fingerprint density at radius 3 is 2.00 bits per heavy atom. The lowest BCUT2D eigenvalue weighted by molar-refractivity contribution is 0.192. The van der Waals surface area contributed by atoms with E-state index < -0.39 is 37.8 Å². The Balaban J connectivity index is 3.70. The second kappa shape index (κ2) is 5.72. The van der Waals surface area contributed by atoms with Crippen LogP contribution in [-0.4, -0.2) is 61.7 Å². The lowest BCUT2D eigenvalue weighted by atomic mass is 10.4. The van der Waals surface area contributed by atoms with Crippen molar-refractivity contribution in [3.8, 4) is 0 Å². The summed E-state index contributed by atoms with van der Waals surface area (Å²) in [7, 11) is -8.32. The zero-order valence-electron chi connectivity index (χ0n) is 7.70. The fraction of sp³-hybridized carbons (Fsp3) is 1.00. The molecular weight excluding hydrogens is 250 g/mol. The van der Waals surface area contributed by atoms with Gasteiger partial charge in [-0.05, 0) is 0 Å². The second-order valence-corrected chi connectivity index (χ2v) is 5.96. The third kappa shape index (κ3) is 11.7. The van der Waals surface area contributed by atoms with Crippen molar-refractivity contribution in [1.82, 2.24) is 5.32 Å². The van der Waals surface area contributed by atoms with E-state index in [0.717, 1.165) is 0 Å². The summed E-state index contributed by atoms with van der Waals surface area (Å²) in [6.45, 7) is -0.323. The van der Waals surface area contributed by atoms with E-state index in [9.17, 15) is 16.8 Å². The Bertz CT molecular complexity index is 372. The first-order valence-corrected chi connectivity index (χ1v) is 7.11. The van der Waals surface area contributed by atoms with Gasteiger partial charge in [0.2, 0.25) is 0 Å². The van der Waals surface area contributed by atoms with E-state index in [4.69, 9.17) is 14.2 Å². The van der Waals surface area contributed by atoms with Gasteiger partial charge >= 0.3 is 0 Å². The van der Waals surface area contributed by atoms with Crippen LogP contribution in [0.15, 0.2) is 0 Å². The highest BCUT2D eigenvalue weighted by Crippen LogP contribution is 1.89. The van der Waals surface area contributed by atoms with Gasteiger partial charge < -0.3 is 10.4 Å². The highest BCUT2D eigenvalue weighted by molar-refractivity contribution is 7.86. The highest BCUT2D eigenvalue weighted by atomic mass is 32.2. The molecule has 0 aliphatic carbocycles. The summed E-state index contributed by atoms with van der Waals surface area (Å²) in [6.07, 6.45) is -1.33. The Hall–Kier alpha value is -0.260. The molecule has 0 rings (SSSR count). The minimum absolute atomic E-state index is 0.124. The molecule has 0 aromatic rings. The quantitative estimate of drug-likeness (QED) is 0.297. The molecule has 4 N–H and O–H groups in total. The summed E-state index contributed by atoms with van der Waals surface area (Å²) in [4.78, 5) is 0. The van der Waals surface area contributed by atoms with E-state index >= 15 is 0 Å². The maximum Gasteiger partial charge on any atom is 0.267 e. The zero-order valence-corrected chi connectivity index (χ0v) is 9.33. The minimum Gasteiger partial charge on any atom is -0.391 e. The van der Waals surface area contributed by atoms with Crippen LogP contribution in [0.1, 0.15) is 0 Å². The van der Waals surface area contributed by atoms with E-state index in [1.165, 1.54) is 0 Å². The van der Waals surface area contributed by atoms with Gasteiger partial charge in [-0.25, -0.2) is 0 Å². The SMILES string of the molecule is O=S(=O)(O)CCNCC(O)CS(=O)(=O)O. The largest absolute Gasteiger partial charge is 0.391 e. The lowest BCUT2D eigenvalue weighted by Gasteiger charge is -2.09. The molecule has 1 atom stereocenters. The summed E-state index contributed by atoms with van der Waals surface area (Å²) in [5, 5.41) is 11.4. The molecular formula is C5H13NO7S2. The molecule has 0 fully saturated rings. The first-order chi connectivity index (χ1) is 6.60. The molecule has 0 aliphatic rings. The van der Waals surface area contributed by atoms with Crippen LogP contribution in [0.5, 0.6) is 0 Å². The predicted molar refractivity (Wildman–Crippen MR) is 51.7 cm³/mol. The molecule has 0 saturated carbocycles. The van der Waals surface area contributed by atoms with Gasteiger partial charge in [0.15, 0.2) is 0 Å². The molecule has 92 valence electrons. The first kappa shape index (κ1) is 14.7. The monoisotopic (exact) mass is 263 g/mol. The molecule has 0 bridgehead atoms. The Labute approximate surface area is 87.8 Å². The highest BCUT2D eigenvalue weighted by Gasteiger charge is 2.13. The molecule has 0 saturated heterocycles. The van der Waals surface area contributed by atoms with Crippen LogP contribution in [0.4, 0.5) is 0 Å². The van der Waals surface area contributed by atoms with Crippen LogP contribution in [0.2, 0.25) is 0 Å². The standard InChI is InChI=1S/C5H13NO7S2/c7-5(4-15(11,12)13)3-6-1-2-14(8,9)10/h5-7H,1-4H2,(H,8,9,10)(H,11,12,13). The summed E-state index contributed by atoms with van der Waals surface area (Å²) >= 11 is 0. The molecule has 0 heterocycles. The molecule has 0 radical (unpaired) electrons. The Kier molecular flexibility index (Phi) is 5.62. The fourth-order valence-corrected chi connectivity index (χ4v) is 1.78. The minimum atomic E-state index is -4.25.